The first-order valence-electron chi connectivity index (χ1n) is 5.38. The van der Waals surface area contributed by atoms with Gasteiger partial charge in [0.2, 0.25) is 0 Å². The lowest BCUT2D eigenvalue weighted by atomic mass is 9.92. The van der Waals surface area contributed by atoms with Gasteiger partial charge in [0.25, 0.3) is 0 Å². The molecule has 0 aromatic heterocycles. The smallest absolute Gasteiger partial charge is 0.0930 e. The van der Waals surface area contributed by atoms with E-state index in [0.29, 0.717) is 5.92 Å². The molecule has 0 rings (SSSR count). The summed E-state index contributed by atoms with van der Waals surface area (Å²) in [5.74, 6) is 0.435. The second-order valence-corrected chi connectivity index (χ2v) is 3.75. The zero-order valence-electron chi connectivity index (χ0n) is 8.81. The Hall–Kier alpha value is -0.0400. The van der Waals surface area contributed by atoms with Crippen molar-refractivity contribution >= 4 is 0 Å². The van der Waals surface area contributed by atoms with Gasteiger partial charge in [-0.05, 0) is 25.7 Å². The van der Waals surface area contributed by atoms with Crippen molar-refractivity contribution in [3.8, 4) is 0 Å². The van der Waals surface area contributed by atoms with E-state index in [4.69, 9.17) is 0 Å². The molecule has 12 heavy (non-hydrogen) atoms. The predicted molar refractivity (Wildman–Crippen MR) is 52.7 cm³/mol. The summed E-state index contributed by atoms with van der Waals surface area (Å²) in [6.45, 7) is 6.19. The number of hydrogen-bond acceptors (Lipinski definition) is 0. The van der Waals surface area contributed by atoms with Gasteiger partial charge in [-0.2, -0.15) is 0 Å². The lowest BCUT2D eigenvalue weighted by Crippen LogP contribution is -2.15. The van der Waals surface area contributed by atoms with E-state index in [-0.39, 0.29) is 6.10 Å². The van der Waals surface area contributed by atoms with Gasteiger partial charge < -0.3 is 0 Å². The quantitative estimate of drug-likeness (QED) is 0.555. The highest BCUT2D eigenvalue weighted by molar-refractivity contribution is 4.64. The molecule has 0 fully saturated rings. The van der Waals surface area contributed by atoms with E-state index in [2.05, 4.69) is 13.8 Å². The minimum Gasteiger partial charge on any atom is -0.233 e. The maximum absolute atomic E-state index is 11.2. The minimum absolute atomic E-state index is 0.358. The third kappa shape index (κ3) is 5.59. The Bertz CT molecular complexity index is 81.0. The molecule has 1 radical (unpaired) electrons. The fraction of sp³-hybridized carbons (Fsp3) is 1.00. The number of hydrogen-bond donors (Lipinski definition) is 0. The van der Waals surface area contributed by atoms with Crippen LogP contribution >= 0.6 is 0 Å². The third-order valence-electron chi connectivity index (χ3n) is 2.52. The van der Waals surface area contributed by atoms with E-state index in [0.717, 1.165) is 12.8 Å². The van der Waals surface area contributed by atoms with Crippen LogP contribution in [0.25, 0.3) is 0 Å². The molecule has 0 aromatic rings. The molecule has 1 atom stereocenters. The molecule has 0 spiro atoms. The maximum atomic E-state index is 11.2. The van der Waals surface area contributed by atoms with Crippen LogP contribution in [0.1, 0.15) is 59.3 Å². The zero-order chi connectivity index (χ0) is 9.40. The molecule has 0 saturated heterocycles. The molecule has 0 saturated carbocycles. The summed E-state index contributed by atoms with van der Waals surface area (Å²) in [5.41, 5.74) is 0. The van der Waals surface area contributed by atoms with Crippen LogP contribution in [0.4, 0.5) is 0 Å². The summed E-state index contributed by atoms with van der Waals surface area (Å²) >= 11 is 0. The Morgan fingerprint density at radius 2 is 1.42 bits per heavy atom. The highest BCUT2D eigenvalue weighted by Crippen LogP contribution is 2.19. The average Bonchev–Trinajstić information content (AvgIpc) is 2.04. The standard InChI is InChI=1S/C11H23O/c1-4-6-8-11(10(3)12)9-7-5-2/h10-11H,4-9H2,1-3H3. The Morgan fingerprint density at radius 1 is 1.00 bits per heavy atom. The van der Waals surface area contributed by atoms with Crippen molar-refractivity contribution in [1.29, 1.82) is 0 Å². The molecule has 0 aromatic carbocycles. The maximum Gasteiger partial charge on any atom is 0.0930 e. The summed E-state index contributed by atoms with van der Waals surface area (Å²) in [6, 6.07) is 0. The molecule has 1 unspecified atom stereocenters. The molecule has 0 heterocycles. The van der Waals surface area contributed by atoms with Gasteiger partial charge in [0.1, 0.15) is 0 Å². The van der Waals surface area contributed by atoms with Crippen molar-refractivity contribution in [3.05, 3.63) is 0 Å². The largest absolute Gasteiger partial charge is 0.233 e. The van der Waals surface area contributed by atoms with E-state index in [1.54, 1.807) is 0 Å². The number of unbranched alkanes of at least 4 members (excludes halogenated alkanes) is 2. The second kappa shape index (κ2) is 7.60. The van der Waals surface area contributed by atoms with Gasteiger partial charge >= 0.3 is 0 Å². The van der Waals surface area contributed by atoms with Gasteiger partial charge in [-0.15, -0.1) is 0 Å². The zero-order valence-corrected chi connectivity index (χ0v) is 8.81. The second-order valence-electron chi connectivity index (χ2n) is 3.75. The molecule has 73 valence electrons. The van der Waals surface area contributed by atoms with Gasteiger partial charge in [0.05, 0.1) is 6.10 Å². The predicted octanol–water partition coefficient (Wildman–Crippen LogP) is 3.80. The Labute approximate surface area is 77.2 Å². The lowest BCUT2D eigenvalue weighted by molar-refractivity contribution is 0.0428. The third-order valence-corrected chi connectivity index (χ3v) is 2.52. The summed E-state index contributed by atoms with van der Waals surface area (Å²) in [5, 5.41) is 11.2. The van der Waals surface area contributed by atoms with Crippen LogP contribution in [-0.2, 0) is 5.11 Å². The van der Waals surface area contributed by atoms with Crippen molar-refractivity contribution in [2.75, 3.05) is 0 Å². The molecule has 1 heteroatoms. The molecule has 0 amide bonds. The Kier molecular flexibility index (Phi) is 7.58. The van der Waals surface area contributed by atoms with Crippen LogP contribution in [0.2, 0.25) is 0 Å². The molecule has 0 aliphatic rings. The summed E-state index contributed by atoms with van der Waals surface area (Å²) < 4.78 is 0. The van der Waals surface area contributed by atoms with Crippen molar-refractivity contribution < 1.29 is 5.11 Å². The molecule has 0 aliphatic carbocycles. The molecular weight excluding hydrogens is 148 g/mol. The monoisotopic (exact) mass is 171 g/mol. The first-order valence-corrected chi connectivity index (χ1v) is 5.38. The van der Waals surface area contributed by atoms with E-state index >= 15 is 0 Å². The SMILES string of the molecule is CCCCC(CCCC)C(C)[O]. The lowest BCUT2D eigenvalue weighted by Gasteiger charge is -2.17. The fourth-order valence-electron chi connectivity index (χ4n) is 1.55. The van der Waals surface area contributed by atoms with E-state index in [1.807, 2.05) is 6.92 Å². The highest BCUT2D eigenvalue weighted by atomic mass is 16.3. The first-order chi connectivity index (χ1) is 5.72. The molecule has 1 nitrogen and oxygen atoms in total. The van der Waals surface area contributed by atoms with Crippen molar-refractivity contribution in [1.82, 2.24) is 0 Å². The summed E-state index contributed by atoms with van der Waals surface area (Å²) in [7, 11) is 0. The van der Waals surface area contributed by atoms with Gasteiger partial charge in [-0.1, -0.05) is 39.5 Å². The topological polar surface area (TPSA) is 19.9 Å². The van der Waals surface area contributed by atoms with Gasteiger partial charge in [0.15, 0.2) is 0 Å². The fourth-order valence-corrected chi connectivity index (χ4v) is 1.55. The summed E-state index contributed by atoms with van der Waals surface area (Å²) in [4.78, 5) is 0. The van der Waals surface area contributed by atoms with E-state index in [1.165, 1.54) is 25.7 Å². The molecule has 0 bridgehead atoms. The highest BCUT2D eigenvalue weighted by Gasteiger charge is 2.14. The van der Waals surface area contributed by atoms with Crippen molar-refractivity contribution in [3.63, 3.8) is 0 Å². The minimum atomic E-state index is -0.358. The molecular formula is C11H23O. The average molecular weight is 171 g/mol. The van der Waals surface area contributed by atoms with Crippen LogP contribution < -0.4 is 0 Å². The van der Waals surface area contributed by atoms with Gasteiger partial charge in [-0.25, -0.2) is 5.11 Å². The van der Waals surface area contributed by atoms with Crippen LogP contribution in [-0.4, -0.2) is 6.10 Å². The van der Waals surface area contributed by atoms with Crippen molar-refractivity contribution in [2.24, 2.45) is 5.92 Å². The van der Waals surface area contributed by atoms with Crippen LogP contribution in [0, 0.1) is 5.92 Å². The van der Waals surface area contributed by atoms with E-state index < -0.39 is 0 Å². The van der Waals surface area contributed by atoms with Crippen LogP contribution in [0.15, 0.2) is 0 Å². The normalized spacial score (nSPS) is 13.8. The van der Waals surface area contributed by atoms with E-state index in [9.17, 15) is 5.11 Å². The number of rotatable bonds is 7. The van der Waals surface area contributed by atoms with Gasteiger partial charge in [0, 0.05) is 0 Å². The molecule has 0 aliphatic heterocycles. The molecule has 0 N–H and O–H groups in total. The summed E-state index contributed by atoms with van der Waals surface area (Å²) in [6.07, 6.45) is 6.80. The first kappa shape index (κ1) is 12.0. The van der Waals surface area contributed by atoms with Gasteiger partial charge in [-0.3, -0.25) is 0 Å². The Balaban J connectivity index is 3.55. The van der Waals surface area contributed by atoms with Crippen LogP contribution in [0.5, 0.6) is 0 Å². The van der Waals surface area contributed by atoms with Crippen LogP contribution in [0.3, 0.4) is 0 Å². The van der Waals surface area contributed by atoms with Crippen molar-refractivity contribution in [2.45, 2.75) is 65.4 Å². The Morgan fingerprint density at radius 3 is 1.67 bits per heavy atom.